The zero-order chi connectivity index (χ0) is 15.7. The molecule has 0 spiro atoms. The molecule has 2 heterocycles. The second-order valence-electron chi connectivity index (χ2n) is 5.44. The number of fused-ring (bicyclic) bond motifs is 1. The molecule has 0 aliphatic carbocycles. The number of amides is 1. The first kappa shape index (κ1) is 15.1. The Labute approximate surface area is 134 Å². The number of hydrogen-bond donors (Lipinski definition) is 0. The fourth-order valence-corrected chi connectivity index (χ4v) is 2.99. The maximum Gasteiger partial charge on any atom is 0.247 e. The van der Waals surface area contributed by atoms with Crippen LogP contribution in [0.15, 0.2) is 28.7 Å². The second-order valence-corrected chi connectivity index (χ2v) is 5.88. The number of rotatable bonds is 2. The largest absolute Gasteiger partial charge is 0.461 e. The number of nitrogens with zero attached hydrogens (tertiary/aromatic N) is 1. The Morgan fingerprint density at radius 1 is 1.32 bits per heavy atom. The van der Waals surface area contributed by atoms with Gasteiger partial charge in [-0.25, -0.2) is 0 Å². The van der Waals surface area contributed by atoms with Crippen LogP contribution in [0.25, 0.3) is 16.5 Å². The van der Waals surface area contributed by atoms with Gasteiger partial charge in [-0.05, 0) is 37.6 Å². The van der Waals surface area contributed by atoms with Crippen molar-refractivity contribution in [1.82, 2.24) is 4.90 Å². The molecule has 1 amide bonds. The molecule has 0 saturated carbocycles. The van der Waals surface area contributed by atoms with Crippen LogP contribution in [0.2, 0.25) is 5.02 Å². The molecular weight excluding hydrogens is 302 g/mol. The van der Waals surface area contributed by atoms with Gasteiger partial charge in [-0.3, -0.25) is 4.79 Å². The molecule has 0 radical (unpaired) electrons. The summed E-state index contributed by atoms with van der Waals surface area (Å²) in [4.78, 5) is 14.2. The van der Waals surface area contributed by atoms with E-state index in [1.807, 2.05) is 26.0 Å². The van der Waals surface area contributed by atoms with E-state index in [2.05, 4.69) is 0 Å². The summed E-state index contributed by atoms with van der Waals surface area (Å²) in [5.41, 5.74) is 2.61. The zero-order valence-corrected chi connectivity index (χ0v) is 13.4. The predicted molar refractivity (Wildman–Crippen MR) is 87.0 cm³/mol. The van der Waals surface area contributed by atoms with Crippen molar-refractivity contribution in [2.24, 2.45) is 0 Å². The van der Waals surface area contributed by atoms with Crippen molar-refractivity contribution in [3.63, 3.8) is 0 Å². The second kappa shape index (κ2) is 6.15. The number of morpholine rings is 1. The third kappa shape index (κ3) is 2.89. The third-order valence-corrected chi connectivity index (χ3v) is 4.12. The van der Waals surface area contributed by atoms with Crippen LogP contribution in [0.1, 0.15) is 18.2 Å². The number of halogens is 1. The van der Waals surface area contributed by atoms with Crippen molar-refractivity contribution in [2.45, 2.75) is 13.8 Å². The van der Waals surface area contributed by atoms with Crippen LogP contribution in [0.5, 0.6) is 0 Å². The van der Waals surface area contributed by atoms with Crippen molar-refractivity contribution < 1.29 is 13.9 Å². The average molecular weight is 320 g/mol. The standard InChI is InChI=1S/C17H18ClNO3/c1-11(9-16(20)19-5-7-21-8-6-19)17-12(2)22-15-4-3-13(18)10-14(15)17/h3-4,9-10H,5-8H2,1-2H3/b11-9+. The molecule has 3 rings (SSSR count). The van der Waals surface area contributed by atoms with E-state index in [1.54, 1.807) is 17.0 Å². The Kier molecular flexibility index (Phi) is 4.23. The van der Waals surface area contributed by atoms with Gasteiger partial charge in [0.05, 0.1) is 13.2 Å². The minimum atomic E-state index is 0.0107. The Morgan fingerprint density at radius 3 is 2.77 bits per heavy atom. The fourth-order valence-electron chi connectivity index (χ4n) is 2.81. The molecule has 0 bridgehead atoms. The monoisotopic (exact) mass is 319 g/mol. The summed E-state index contributed by atoms with van der Waals surface area (Å²) in [5, 5.41) is 1.59. The molecule has 5 heteroatoms. The van der Waals surface area contributed by atoms with Crippen LogP contribution < -0.4 is 0 Å². The minimum Gasteiger partial charge on any atom is -0.461 e. The molecular formula is C17H18ClNO3. The van der Waals surface area contributed by atoms with Crippen LogP contribution in [0.4, 0.5) is 0 Å². The molecule has 2 aromatic rings. The lowest BCUT2D eigenvalue weighted by Crippen LogP contribution is -2.39. The molecule has 116 valence electrons. The van der Waals surface area contributed by atoms with Gasteiger partial charge in [-0.2, -0.15) is 0 Å². The van der Waals surface area contributed by atoms with Gasteiger partial charge in [0.2, 0.25) is 5.91 Å². The summed E-state index contributed by atoms with van der Waals surface area (Å²) in [6.45, 7) is 6.30. The third-order valence-electron chi connectivity index (χ3n) is 3.88. The Balaban J connectivity index is 1.95. The summed E-state index contributed by atoms with van der Waals surface area (Å²) in [5.74, 6) is 0.803. The van der Waals surface area contributed by atoms with E-state index >= 15 is 0 Å². The molecule has 0 N–H and O–H groups in total. The Morgan fingerprint density at radius 2 is 2.05 bits per heavy atom. The van der Waals surface area contributed by atoms with E-state index in [0.29, 0.717) is 31.3 Å². The van der Waals surface area contributed by atoms with Crippen LogP contribution in [-0.2, 0) is 9.53 Å². The molecule has 4 nitrogen and oxygen atoms in total. The van der Waals surface area contributed by atoms with Gasteiger partial charge in [-0.15, -0.1) is 0 Å². The van der Waals surface area contributed by atoms with Crippen LogP contribution in [0, 0.1) is 6.92 Å². The van der Waals surface area contributed by atoms with E-state index in [9.17, 15) is 4.79 Å². The van der Waals surface area contributed by atoms with Gasteiger partial charge in [0.1, 0.15) is 11.3 Å². The highest BCUT2D eigenvalue weighted by Crippen LogP contribution is 2.32. The number of carbonyl (C=O) groups excluding carboxylic acids is 1. The number of aryl methyl sites for hydroxylation is 1. The number of ether oxygens (including phenoxy) is 1. The maximum absolute atomic E-state index is 12.4. The Hall–Kier alpha value is -1.78. The van der Waals surface area contributed by atoms with Gasteiger partial charge < -0.3 is 14.1 Å². The molecule has 0 unspecified atom stereocenters. The summed E-state index contributed by atoms with van der Waals surface area (Å²) in [6.07, 6.45) is 1.67. The minimum absolute atomic E-state index is 0.0107. The number of hydrogen-bond acceptors (Lipinski definition) is 3. The molecule has 1 aliphatic rings. The lowest BCUT2D eigenvalue weighted by molar-refractivity contribution is -0.129. The smallest absolute Gasteiger partial charge is 0.247 e. The summed E-state index contributed by atoms with van der Waals surface area (Å²) < 4.78 is 11.0. The van der Waals surface area contributed by atoms with E-state index in [0.717, 1.165) is 27.9 Å². The molecule has 1 aliphatic heterocycles. The first-order valence-corrected chi connectivity index (χ1v) is 7.68. The molecule has 1 aromatic heterocycles. The highest BCUT2D eigenvalue weighted by molar-refractivity contribution is 6.31. The van der Waals surface area contributed by atoms with E-state index in [1.165, 1.54) is 0 Å². The van der Waals surface area contributed by atoms with E-state index in [-0.39, 0.29) is 5.91 Å². The average Bonchev–Trinajstić information content (AvgIpc) is 2.83. The lowest BCUT2D eigenvalue weighted by Gasteiger charge is -2.25. The quantitative estimate of drug-likeness (QED) is 0.793. The van der Waals surface area contributed by atoms with Gasteiger partial charge in [-0.1, -0.05) is 11.6 Å². The van der Waals surface area contributed by atoms with Crippen LogP contribution in [0.3, 0.4) is 0 Å². The number of benzene rings is 1. The van der Waals surface area contributed by atoms with Crippen molar-refractivity contribution in [1.29, 1.82) is 0 Å². The predicted octanol–water partition coefficient (Wildman–Crippen LogP) is 3.66. The van der Waals surface area contributed by atoms with Gasteiger partial charge in [0.15, 0.2) is 0 Å². The van der Waals surface area contributed by atoms with Gasteiger partial charge >= 0.3 is 0 Å². The van der Waals surface area contributed by atoms with Gasteiger partial charge in [0, 0.05) is 35.1 Å². The first-order valence-electron chi connectivity index (χ1n) is 7.30. The number of furan rings is 1. The highest BCUT2D eigenvalue weighted by Gasteiger charge is 2.18. The number of allylic oxidation sites excluding steroid dienone is 1. The Bertz CT molecular complexity index is 742. The summed E-state index contributed by atoms with van der Waals surface area (Å²) in [6, 6.07) is 5.53. The van der Waals surface area contributed by atoms with Crippen molar-refractivity contribution >= 4 is 34.1 Å². The topological polar surface area (TPSA) is 42.7 Å². The highest BCUT2D eigenvalue weighted by atomic mass is 35.5. The maximum atomic E-state index is 12.4. The van der Waals surface area contributed by atoms with Gasteiger partial charge in [0.25, 0.3) is 0 Å². The van der Waals surface area contributed by atoms with E-state index in [4.69, 9.17) is 20.8 Å². The lowest BCUT2D eigenvalue weighted by atomic mass is 10.0. The molecule has 1 fully saturated rings. The summed E-state index contributed by atoms with van der Waals surface area (Å²) in [7, 11) is 0. The van der Waals surface area contributed by atoms with Crippen molar-refractivity contribution in [2.75, 3.05) is 26.3 Å². The normalized spacial score (nSPS) is 16.3. The van der Waals surface area contributed by atoms with Crippen molar-refractivity contribution in [3.8, 4) is 0 Å². The fraction of sp³-hybridized carbons (Fsp3) is 0.353. The van der Waals surface area contributed by atoms with Crippen LogP contribution >= 0.6 is 11.6 Å². The zero-order valence-electron chi connectivity index (χ0n) is 12.7. The molecule has 22 heavy (non-hydrogen) atoms. The molecule has 1 saturated heterocycles. The molecule has 0 atom stereocenters. The first-order chi connectivity index (χ1) is 10.6. The number of carbonyl (C=O) groups is 1. The van der Waals surface area contributed by atoms with Crippen molar-refractivity contribution in [3.05, 3.63) is 40.6 Å². The van der Waals surface area contributed by atoms with Crippen LogP contribution in [-0.4, -0.2) is 37.1 Å². The summed E-state index contributed by atoms with van der Waals surface area (Å²) >= 11 is 6.08. The van der Waals surface area contributed by atoms with E-state index < -0.39 is 0 Å². The SMILES string of the molecule is C/C(=C\C(=O)N1CCOCC1)c1c(C)oc2ccc(Cl)cc12. The molecule has 1 aromatic carbocycles.